The van der Waals surface area contributed by atoms with E-state index in [4.69, 9.17) is 4.74 Å². The first-order chi connectivity index (χ1) is 9.60. The van der Waals surface area contributed by atoms with E-state index in [1.165, 1.54) is 8.45 Å². The smallest absolute Gasteiger partial charge is 0.306 e. The monoisotopic (exact) mass is 401 g/mol. The zero-order valence-electron chi connectivity index (χ0n) is 11.5. The number of esters is 1. The molecule has 0 saturated carbocycles. The van der Waals surface area contributed by atoms with E-state index in [0.717, 1.165) is 22.6 Å². The summed E-state index contributed by atoms with van der Waals surface area (Å²) < 4.78 is 6.13. The molecule has 2 rings (SSSR count). The molecule has 0 aliphatic heterocycles. The molecule has 0 saturated heterocycles. The van der Waals surface area contributed by atoms with E-state index in [0.29, 0.717) is 13.0 Å². The summed E-state index contributed by atoms with van der Waals surface area (Å²) in [5.41, 5.74) is 3.51. The van der Waals surface area contributed by atoms with E-state index in [1.54, 1.807) is 11.3 Å². The second kappa shape index (κ2) is 7.17. The molecule has 5 heteroatoms. The molecule has 3 nitrogen and oxygen atoms in total. The van der Waals surface area contributed by atoms with Crippen LogP contribution in [-0.2, 0) is 16.0 Å². The lowest BCUT2D eigenvalue weighted by molar-refractivity contribution is -0.143. The van der Waals surface area contributed by atoms with Crippen molar-refractivity contribution < 1.29 is 9.53 Å². The van der Waals surface area contributed by atoms with Crippen LogP contribution in [0.5, 0.6) is 0 Å². The van der Waals surface area contributed by atoms with E-state index in [9.17, 15) is 4.79 Å². The Labute approximate surface area is 136 Å². The molecule has 1 aromatic carbocycles. The van der Waals surface area contributed by atoms with Crippen LogP contribution in [-0.4, -0.2) is 17.6 Å². The fourth-order valence-corrected chi connectivity index (χ4v) is 3.48. The standard InChI is InChI=1S/C15H16INO2S/c1-3-19-14(18)7-5-11-4-6-12(10(2)8-11)15-17-9-13(16)20-15/h4,6,8-9H,3,5,7H2,1-2H3. The van der Waals surface area contributed by atoms with Gasteiger partial charge in [0.15, 0.2) is 0 Å². The lowest BCUT2D eigenvalue weighted by Crippen LogP contribution is -2.05. The van der Waals surface area contributed by atoms with Gasteiger partial charge in [0.1, 0.15) is 5.01 Å². The number of halogens is 1. The Morgan fingerprint density at radius 2 is 2.25 bits per heavy atom. The first-order valence-corrected chi connectivity index (χ1v) is 8.36. The Balaban J connectivity index is 2.08. The SMILES string of the molecule is CCOC(=O)CCc1ccc(-c2ncc(I)s2)c(C)c1. The number of rotatable bonds is 5. The zero-order chi connectivity index (χ0) is 14.5. The van der Waals surface area contributed by atoms with Crippen LogP contribution in [0.4, 0.5) is 0 Å². The maximum atomic E-state index is 11.4. The van der Waals surface area contributed by atoms with Gasteiger partial charge in [-0.05, 0) is 54.0 Å². The van der Waals surface area contributed by atoms with Crippen LogP contribution in [0.2, 0.25) is 0 Å². The predicted molar refractivity (Wildman–Crippen MR) is 90.0 cm³/mol. The second-order valence-corrected chi connectivity index (χ2v) is 7.35. The van der Waals surface area contributed by atoms with Gasteiger partial charge in [-0.1, -0.05) is 18.2 Å². The van der Waals surface area contributed by atoms with Crippen molar-refractivity contribution >= 4 is 39.9 Å². The molecule has 0 unspecified atom stereocenters. The average Bonchev–Trinajstić information content (AvgIpc) is 2.83. The van der Waals surface area contributed by atoms with Crippen molar-refractivity contribution in [2.75, 3.05) is 6.61 Å². The van der Waals surface area contributed by atoms with Gasteiger partial charge >= 0.3 is 5.97 Å². The zero-order valence-corrected chi connectivity index (χ0v) is 14.5. The molecule has 0 radical (unpaired) electrons. The molecule has 1 heterocycles. The first-order valence-electron chi connectivity index (χ1n) is 6.47. The quantitative estimate of drug-likeness (QED) is 0.557. The molecule has 0 fully saturated rings. The molecule has 0 aliphatic carbocycles. The van der Waals surface area contributed by atoms with Gasteiger partial charge in [0.25, 0.3) is 0 Å². The summed E-state index contributed by atoms with van der Waals surface area (Å²) in [6, 6.07) is 6.28. The van der Waals surface area contributed by atoms with Crippen LogP contribution in [0.3, 0.4) is 0 Å². The van der Waals surface area contributed by atoms with E-state index in [2.05, 4.69) is 52.7 Å². The van der Waals surface area contributed by atoms with Gasteiger partial charge in [-0.2, -0.15) is 0 Å². The van der Waals surface area contributed by atoms with Crippen molar-refractivity contribution in [3.8, 4) is 10.6 Å². The summed E-state index contributed by atoms with van der Waals surface area (Å²) >= 11 is 3.97. The largest absolute Gasteiger partial charge is 0.466 e. The average molecular weight is 401 g/mol. The molecule has 1 aromatic heterocycles. The molecule has 0 atom stereocenters. The Morgan fingerprint density at radius 3 is 2.85 bits per heavy atom. The van der Waals surface area contributed by atoms with Crippen molar-refractivity contribution in [3.63, 3.8) is 0 Å². The van der Waals surface area contributed by atoms with Crippen LogP contribution in [0.25, 0.3) is 10.6 Å². The summed E-state index contributed by atoms with van der Waals surface area (Å²) in [7, 11) is 0. The minimum Gasteiger partial charge on any atom is -0.466 e. The van der Waals surface area contributed by atoms with Crippen LogP contribution < -0.4 is 0 Å². The minimum absolute atomic E-state index is 0.135. The normalized spacial score (nSPS) is 10.6. The molecule has 2 aromatic rings. The molecular formula is C15H16INO2S. The Kier molecular flexibility index (Phi) is 5.54. The van der Waals surface area contributed by atoms with E-state index < -0.39 is 0 Å². The van der Waals surface area contributed by atoms with Gasteiger partial charge in [-0.3, -0.25) is 4.79 Å². The number of aryl methyl sites for hydroxylation is 2. The van der Waals surface area contributed by atoms with E-state index in [-0.39, 0.29) is 5.97 Å². The molecule has 0 aliphatic rings. The van der Waals surface area contributed by atoms with Crippen LogP contribution in [0.15, 0.2) is 24.4 Å². The van der Waals surface area contributed by atoms with Gasteiger partial charge in [-0.15, -0.1) is 11.3 Å². The van der Waals surface area contributed by atoms with Crippen molar-refractivity contribution in [1.82, 2.24) is 4.98 Å². The third kappa shape index (κ3) is 4.02. The lowest BCUT2D eigenvalue weighted by Gasteiger charge is -2.06. The number of benzene rings is 1. The van der Waals surface area contributed by atoms with Crippen molar-refractivity contribution in [2.45, 2.75) is 26.7 Å². The van der Waals surface area contributed by atoms with Crippen molar-refractivity contribution in [1.29, 1.82) is 0 Å². The number of nitrogens with zero attached hydrogens (tertiary/aromatic N) is 1. The summed E-state index contributed by atoms with van der Waals surface area (Å²) in [6.07, 6.45) is 3.03. The van der Waals surface area contributed by atoms with Gasteiger partial charge in [0, 0.05) is 12.0 Å². The number of aromatic nitrogens is 1. The predicted octanol–water partition coefficient (Wildman–Crippen LogP) is 4.22. The van der Waals surface area contributed by atoms with Gasteiger partial charge < -0.3 is 4.74 Å². The number of thiazole rings is 1. The summed E-state index contributed by atoms with van der Waals surface area (Å²) in [5, 5.41) is 1.05. The second-order valence-electron chi connectivity index (χ2n) is 4.42. The highest BCUT2D eigenvalue weighted by Crippen LogP contribution is 2.29. The molecule has 0 N–H and O–H groups in total. The van der Waals surface area contributed by atoms with Crippen LogP contribution in [0, 0.1) is 9.81 Å². The molecular weight excluding hydrogens is 385 g/mol. The maximum absolute atomic E-state index is 11.4. The molecule has 106 valence electrons. The fourth-order valence-electron chi connectivity index (χ4n) is 1.98. The van der Waals surface area contributed by atoms with Gasteiger partial charge in [-0.25, -0.2) is 4.98 Å². The van der Waals surface area contributed by atoms with Gasteiger partial charge in [0.2, 0.25) is 0 Å². The Bertz CT molecular complexity index is 610. The van der Waals surface area contributed by atoms with Crippen LogP contribution >= 0.6 is 33.9 Å². The minimum atomic E-state index is -0.135. The number of carbonyl (C=O) groups excluding carboxylic acids is 1. The highest BCUT2D eigenvalue weighted by atomic mass is 127. The lowest BCUT2D eigenvalue weighted by atomic mass is 10.0. The summed E-state index contributed by atoms with van der Waals surface area (Å²) in [6.45, 7) is 4.35. The van der Waals surface area contributed by atoms with Gasteiger partial charge in [0.05, 0.1) is 15.7 Å². The molecule has 0 amide bonds. The third-order valence-corrected chi connectivity index (χ3v) is 4.68. The summed E-state index contributed by atoms with van der Waals surface area (Å²) in [4.78, 5) is 15.8. The molecule has 0 bridgehead atoms. The Morgan fingerprint density at radius 1 is 1.45 bits per heavy atom. The van der Waals surface area contributed by atoms with E-state index in [1.807, 2.05) is 13.1 Å². The third-order valence-electron chi connectivity index (χ3n) is 2.92. The highest BCUT2D eigenvalue weighted by molar-refractivity contribution is 14.1. The number of ether oxygens (including phenoxy) is 1. The molecule has 20 heavy (non-hydrogen) atoms. The maximum Gasteiger partial charge on any atom is 0.306 e. The van der Waals surface area contributed by atoms with Crippen molar-refractivity contribution in [2.24, 2.45) is 0 Å². The Hall–Kier alpha value is -0.950. The highest BCUT2D eigenvalue weighted by Gasteiger charge is 2.08. The van der Waals surface area contributed by atoms with Crippen molar-refractivity contribution in [3.05, 3.63) is 38.4 Å². The topological polar surface area (TPSA) is 39.2 Å². The number of hydrogen-bond donors (Lipinski definition) is 0. The fraction of sp³-hybridized carbons (Fsp3) is 0.333. The molecule has 0 spiro atoms. The van der Waals surface area contributed by atoms with Crippen LogP contribution in [0.1, 0.15) is 24.5 Å². The number of hydrogen-bond acceptors (Lipinski definition) is 4. The first kappa shape index (κ1) is 15.4. The summed E-state index contributed by atoms with van der Waals surface area (Å²) in [5.74, 6) is -0.135. The van der Waals surface area contributed by atoms with E-state index >= 15 is 0 Å². The number of carbonyl (C=O) groups is 1.